The van der Waals surface area contributed by atoms with E-state index in [1.807, 2.05) is 0 Å². The Morgan fingerprint density at radius 2 is 1.87 bits per heavy atom. The molecule has 4 aromatic rings. The molecule has 31 heavy (non-hydrogen) atoms. The molecule has 0 fully saturated rings. The summed E-state index contributed by atoms with van der Waals surface area (Å²) in [5, 5.41) is 6.76. The average molecular weight is 492 g/mol. The Morgan fingerprint density at radius 1 is 1.13 bits per heavy atom. The minimum absolute atomic E-state index is 0.0800. The third-order valence-electron chi connectivity index (χ3n) is 4.41. The highest BCUT2D eigenvalue weighted by atomic mass is 79.9. The summed E-state index contributed by atoms with van der Waals surface area (Å²) in [7, 11) is 0. The van der Waals surface area contributed by atoms with E-state index in [0.717, 1.165) is 32.2 Å². The fourth-order valence-electron chi connectivity index (χ4n) is 2.95. The Balaban J connectivity index is 1.62. The molecular weight excluding hydrogens is 479 g/mol. The molecule has 0 unspecified atom stereocenters. The van der Waals surface area contributed by atoms with Crippen LogP contribution in [0.4, 0.5) is 18.9 Å². The molecule has 1 amide bonds. The van der Waals surface area contributed by atoms with E-state index in [4.69, 9.17) is 0 Å². The van der Waals surface area contributed by atoms with Gasteiger partial charge in [-0.05, 0) is 42.5 Å². The van der Waals surface area contributed by atoms with Gasteiger partial charge in [0.1, 0.15) is 18.3 Å². The number of fused-ring (bicyclic) bond motifs is 1. The maximum atomic E-state index is 13.0. The van der Waals surface area contributed by atoms with E-state index in [2.05, 4.69) is 31.3 Å². The molecule has 0 saturated carbocycles. The first kappa shape index (κ1) is 20.8. The molecule has 2 heterocycles. The first-order chi connectivity index (χ1) is 14.7. The lowest BCUT2D eigenvalue weighted by atomic mass is 10.2. The number of benzene rings is 2. The summed E-state index contributed by atoms with van der Waals surface area (Å²) in [6, 6.07) is 11.5. The summed E-state index contributed by atoms with van der Waals surface area (Å²) in [4.78, 5) is 29.1. The first-order valence-corrected chi connectivity index (χ1v) is 9.68. The van der Waals surface area contributed by atoms with Crippen LogP contribution in [0.1, 0.15) is 5.56 Å². The summed E-state index contributed by atoms with van der Waals surface area (Å²) >= 11 is 3.30. The number of carbonyl (C=O) groups excluding carboxylic acids is 1. The molecule has 7 nitrogen and oxygen atoms in total. The molecule has 158 valence electrons. The number of alkyl halides is 3. The van der Waals surface area contributed by atoms with Gasteiger partial charge in [-0.3, -0.25) is 14.2 Å². The van der Waals surface area contributed by atoms with E-state index in [9.17, 15) is 22.8 Å². The van der Waals surface area contributed by atoms with Gasteiger partial charge in [-0.25, -0.2) is 9.67 Å². The Morgan fingerprint density at radius 3 is 2.58 bits per heavy atom. The van der Waals surface area contributed by atoms with Crippen LogP contribution >= 0.6 is 15.9 Å². The van der Waals surface area contributed by atoms with E-state index >= 15 is 0 Å². The summed E-state index contributed by atoms with van der Waals surface area (Å²) in [6.45, 7) is -0.285. The van der Waals surface area contributed by atoms with Crippen molar-refractivity contribution in [2.45, 2.75) is 12.7 Å². The van der Waals surface area contributed by atoms with Gasteiger partial charge in [0.25, 0.3) is 5.56 Å². The number of hydrogen-bond donors (Lipinski definition) is 1. The van der Waals surface area contributed by atoms with Crippen molar-refractivity contribution < 1.29 is 18.0 Å². The van der Waals surface area contributed by atoms with Gasteiger partial charge in [-0.2, -0.15) is 18.3 Å². The predicted molar refractivity (Wildman–Crippen MR) is 111 cm³/mol. The standard InChI is InChI=1S/C20H13BrF3N5O2/c21-13-4-6-14(7-5-13)27-17(30)10-28-11-25-18-16(19(28)31)9-26-29(18)15-3-1-2-12(8-15)20(22,23)24/h1-9,11H,10H2,(H,27,30). The molecule has 0 aliphatic rings. The monoisotopic (exact) mass is 491 g/mol. The lowest BCUT2D eigenvalue weighted by molar-refractivity contribution is -0.137. The topological polar surface area (TPSA) is 81.8 Å². The average Bonchev–Trinajstić information content (AvgIpc) is 3.16. The number of halogens is 4. The second kappa shape index (κ2) is 7.99. The minimum Gasteiger partial charge on any atom is -0.325 e. The van der Waals surface area contributed by atoms with Gasteiger partial charge in [-0.15, -0.1) is 0 Å². The SMILES string of the molecule is O=C(Cn1cnc2c(cnn2-c2cccc(C(F)(F)F)c2)c1=O)Nc1ccc(Br)cc1. The van der Waals surface area contributed by atoms with Crippen molar-refractivity contribution in [2.24, 2.45) is 0 Å². The van der Waals surface area contributed by atoms with Crippen molar-refractivity contribution in [3.63, 3.8) is 0 Å². The highest BCUT2D eigenvalue weighted by molar-refractivity contribution is 9.10. The van der Waals surface area contributed by atoms with E-state index in [1.54, 1.807) is 24.3 Å². The largest absolute Gasteiger partial charge is 0.416 e. The molecule has 0 radical (unpaired) electrons. The molecule has 0 atom stereocenters. The second-order valence-electron chi connectivity index (χ2n) is 6.57. The van der Waals surface area contributed by atoms with Crippen LogP contribution in [0, 0.1) is 0 Å². The van der Waals surface area contributed by atoms with Gasteiger partial charge in [0.2, 0.25) is 5.91 Å². The first-order valence-electron chi connectivity index (χ1n) is 8.88. The van der Waals surface area contributed by atoms with Crippen molar-refractivity contribution in [3.05, 3.63) is 81.4 Å². The zero-order chi connectivity index (χ0) is 22.2. The smallest absolute Gasteiger partial charge is 0.325 e. The third kappa shape index (κ3) is 4.36. The number of nitrogens with one attached hydrogen (secondary N) is 1. The molecule has 0 spiro atoms. The fourth-order valence-corrected chi connectivity index (χ4v) is 3.22. The maximum Gasteiger partial charge on any atom is 0.416 e. The van der Waals surface area contributed by atoms with Gasteiger partial charge in [0, 0.05) is 10.2 Å². The zero-order valence-electron chi connectivity index (χ0n) is 15.6. The lowest BCUT2D eigenvalue weighted by Crippen LogP contribution is -2.27. The number of aromatic nitrogens is 4. The van der Waals surface area contributed by atoms with Crippen LogP contribution in [0.3, 0.4) is 0 Å². The molecular formula is C20H13BrF3N5O2. The Hall–Kier alpha value is -3.47. The summed E-state index contributed by atoms with van der Waals surface area (Å²) in [5.74, 6) is -0.434. The van der Waals surface area contributed by atoms with Crippen LogP contribution in [0.25, 0.3) is 16.7 Å². The van der Waals surface area contributed by atoms with E-state index in [1.165, 1.54) is 18.3 Å². The van der Waals surface area contributed by atoms with Crippen LogP contribution in [-0.4, -0.2) is 25.2 Å². The minimum atomic E-state index is -4.51. The molecule has 0 saturated heterocycles. The number of carbonyl (C=O) groups is 1. The maximum absolute atomic E-state index is 13.0. The van der Waals surface area contributed by atoms with Crippen molar-refractivity contribution in [2.75, 3.05) is 5.32 Å². The van der Waals surface area contributed by atoms with Crippen LogP contribution < -0.4 is 10.9 Å². The predicted octanol–water partition coefficient (Wildman–Crippen LogP) is 4.00. The van der Waals surface area contributed by atoms with Gasteiger partial charge >= 0.3 is 6.18 Å². The number of rotatable bonds is 4. The lowest BCUT2D eigenvalue weighted by Gasteiger charge is -2.10. The van der Waals surface area contributed by atoms with Crippen molar-refractivity contribution in [1.29, 1.82) is 0 Å². The molecule has 0 aliphatic carbocycles. The van der Waals surface area contributed by atoms with Gasteiger partial charge < -0.3 is 5.32 Å². The normalized spacial score (nSPS) is 11.6. The Labute approximate surface area is 181 Å². The third-order valence-corrected chi connectivity index (χ3v) is 4.94. The van der Waals surface area contributed by atoms with Crippen LogP contribution in [0.15, 0.2) is 70.3 Å². The molecule has 2 aromatic heterocycles. The summed E-state index contributed by atoms with van der Waals surface area (Å²) in [5.41, 5.74) is -0.607. The number of anilines is 1. The Kier molecular flexibility index (Phi) is 5.36. The van der Waals surface area contributed by atoms with E-state index in [0.29, 0.717) is 5.69 Å². The molecule has 11 heteroatoms. The molecule has 2 aromatic carbocycles. The highest BCUT2D eigenvalue weighted by Crippen LogP contribution is 2.30. The van der Waals surface area contributed by atoms with Crippen molar-refractivity contribution in [3.8, 4) is 5.69 Å². The summed E-state index contributed by atoms with van der Waals surface area (Å²) in [6.07, 6.45) is -2.13. The molecule has 4 rings (SSSR count). The number of amides is 1. The molecule has 0 bridgehead atoms. The number of hydrogen-bond acceptors (Lipinski definition) is 4. The van der Waals surface area contributed by atoms with Crippen LogP contribution in [-0.2, 0) is 17.5 Å². The quantitative estimate of drug-likeness (QED) is 0.467. The van der Waals surface area contributed by atoms with Crippen molar-refractivity contribution >= 4 is 38.6 Å². The van der Waals surface area contributed by atoms with Gasteiger partial charge in [0.15, 0.2) is 5.65 Å². The molecule has 0 aliphatic heterocycles. The zero-order valence-corrected chi connectivity index (χ0v) is 17.2. The van der Waals surface area contributed by atoms with Crippen LogP contribution in [0.2, 0.25) is 0 Å². The summed E-state index contributed by atoms with van der Waals surface area (Å²) < 4.78 is 42.1. The number of nitrogens with zero attached hydrogens (tertiary/aromatic N) is 4. The fraction of sp³-hybridized carbons (Fsp3) is 0.100. The highest BCUT2D eigenvalue weighted by Gasteiger charge is 2.30. The Bertz CT molecular complexity index is 1330. The van der Waals surface area contributed by atoms with Gasteiger partial charge in [-0.1, -0.05) is 22.0 Å². The van der Waals surface area contributed by atoms with Crippen molar-refractivity contribution in [1.82, 2.24) is 19.3 Å². The van der Waals surface area contributed by atoms with E-state index in [-0.39, 0.29) is 23.3 Å². The van der Waals surface area contributed by atoms with Crippen LogP contribution in [0.5, 0.6) is 0 Å². The molecule has 1 N–H and O–H groups in total. The van der Waals surface area contributed by atoms with E-state index < -0.39 is 23.2 Å². The van der Waals surface area contributed by atoms with Gasteiger partial charge in [0.05, 0.1) is 17.4 Å². The second-order valence-corrected chi connectivity index (χ2v) is 7.49.